The van der Waals surface area contributed by atoms with Crippen LogP contribution in [-0.4, -0.2) is 10.2 Å². The van der Waals surface area contributed by atoms with E-state index in [0.717, 1.165) is 12.0 Å². The van der Waals surface area contributed by atoms with Crippen molar-refractivity contribution in [3.63, 3.8) is 0 Å². The second kappa shape index (κ2) is 7.98. The average molecular weight is 322 g/mol. The summed E-state index contributed by atoms with van der Waals surface area (Å²) in [6.07, 6.45) is 3.69. The number of aliphatic hydroxyl groups excluding tert-OH is 1. The summed E-state index contributed by atoms with van der Waals surface area (Å²) in [5, 5.41) is 22.4. The van der Waals surface area contributed by atoms with Crippen molar-refractivity contribution in [3.8, 4) is 0 Å². The van der Waals surface area contributed by atoms with Crippen LogP contribution in [0.15, 0.2) is 83.6 Å². The van der Waals surface area contributed by atoms with Gasteiger partial charge < -0.3 is 10.2 Å². The lowest BCUT2D eigenvalue weighted by molar-refractivity contribution is 0.0685. The second-order valence-electron chi connectivity index (χ2n) is 6.39. The van der Waals surface area contributed by atoms with Crippen molar-refractivity contribution >= 4 is 0 Å². The SMILES string of the molecule is CC(C)=CCC/C(C)=C(/O)C(O)(c1ccccc1)c1ccccc1. The standard InChI is InChI=1S/C22H26O2/c1-17(2)11-10-12-18(3)21(23)22(24,19-13-6-4-7-14-19)20-15-8-5-9-16-20/h4-9,11,13-16,23-24H,10,12H2,1-3H3/b21-18+. The Balaban J connectivity index is 2.49. The van der Waals surface area contributed by atoms with Crippen molar-refractivity contribution in [1.82, 2.24) is 0 Å². The van der Waals surface area contributed by atoms with Crippen LogP contribution < -0.4 is 0 Å². The minimum Gasteiger partial charge on any atom is -0.509 e. The smallest absolute Gasteiger partial charge is 0.172 e. The third-order valence-corrected chi connectivity index (χ3v) is 4.20. The number of aliphatic hydroxyl groups is 2. The van der Waals surface area contributed by atoms with Crippen LogP contribution in [0.2, 0.25) is 0 Å². The maximum atomic E-state index is 11.5. The van der Waals surface area contributed by atoms with Crippen LogP contribution in [0.25, 0.3) is 0 Å². The van der Waals surface area contributed by atoms with Gasteiger partial charge in [-0.05, 0) is 50.3 Å². The summed E-state index contributed by atoms with van der Waals surface area (Å²) in [6, 6.07) is 18.6. The van der Waals surface area contributed by atoms with Gasteiger partial charge in [0.05, 0.1) is 0 Å². The molecule has 2 N–H and O–H groups in total. The summed E-state index contributed by atoms with van der Waals surface area (Å²) in [5.74, 6) is 0.0158. The van der Waals surface area contributed by atoms with Gasteiger partial charge in [-0.1, -0.05) is 72.3 Å². The van der Waals surface area contributed by atoms with E-state index < -0.39 is 5.60 Å². The van der Waals surface area contributed by atoms with Crippen LogP contribution in [0.4, 0.5) is 0 Å². The van der Waals surface area contributed by atoms with Crippen LogP contribution in [0, 0.1) is 0 Å². The number of benzene rings is 2. The predicted molar refractivity (Wildman–Crippen MR) is 99.9 cm³/mol. The van der Waals surface area contributed by atoms with Gasteiger partial charge in [0.15, 0.2) is 5.60 Å². The molecule has 126 valence electrons. The van der Waals surface area contributed by atoms with Gasteiger partial charge in [0.2, 0.25) is 0 Å². The quantitative estimate of drug-likeness (QED) is 0.544. The summed E-state index contributed by atoms with van der Waals surface area (Å²) in [7, 11) is 0. The fourth-order valence-corrected chi connectivity index (χ4v) is 2.80. The molecule has 0 saturated carbocycles. The number of rotatable bonds is 6. The summed E-state index contributed by atoms with van der Waals surface area (Å²) in [6.45, 7) is 6.00. The van der Waals surface area contributed by atoms with E-state index >= 15 is 0 Å². The van der Waals surface area contributed by atoms with Gasteiger partial charge in [0, 0.05) is 0 Å². The van der Waals surface area contributed by atoms with E-state index in [9.17, 15) is 10.2 Å². The highest BCUT2D eigenvalue weighted by Crippen LogP contribution is 2.37. The summed E-state index contributed by atoms with van der Waals surface area (Å²) < 4.78 is 0. The molecule has 0 radical (unpaired) electrons. The highest BCUT2D eigenvalue weighted by molar-refractivity contribution is 5.44. The molecule has 2 rings (SSSR count). The molecular weight excluding hydrogens is 296 g/mol. The van der Waals surface area contributed by atoms with Gasteiger partial charge >= 0.3 is 0 Å². The Morgan fingerprint density at radius 3 is 1.75 bits per heavy atom. The normalized spacial score (nSPS) is 12.5. The van der Waals surface area contributed by atoms with E-state index in [0.29, 0.717) is 17.5 Å². The molecule has 0 spiro atoms. The van der Waals surface area contributed by atoms with Gasteiger partial charge in [-0.3, -0.25) is 0 Å². The first kappa shape index (κ1) is 18.0. The molecule has 0 fully saturated rings. The molecule has 24 heavy (non-hydrogen) atoms. The maximum Gasteiger partial charge on any atom is 0.172 e. The van der Waals surface area contributed by atoms with Crippen LogP contribution in [0.1, 0.15) is 44.7 Å². The fraction of sp³-hybridized carbons (Fsp3) is 0.273. The molecular formula is C22H26O2. The van der Waals surface area contributed by atoms with Crippen molar-refractivity contribution in [3.05, 3.63) is 94.8 Å². The van der Waals surface area contributed by atoms with Gasteiger partial charge in [0.25, 0.3) is 0 Å². The third kappa shape index (κ3) is 3.95. The highest BCUT2D eigenvalue weighted by atomic mass is 16.3. The largest absolute Gasteiger partial charge is 0.509 e. The Morgan fingerprint density at radius 1 is 0.875 bits per heavy atom. The van der Waals surface area contributed by atoms with Crippen LogP contribution in [-0.2, 0) is 5.60 Å². The summed E-state index contributed by atoms with van der Waals surface area (Å²) in [4.78, 5) is 0. The molecule has 0 atom stereocenters. The van der Waals surface area contributed by atoms with Crippen molar-refractivity contribution in [2.24, 2.45) is 0 Å². The number of hydrogen-bond acceptors (Lipinski definition) is 2. The predicted octanol–water partition coefficient (Wildman–Crippen LogP) is 5.50. The van der Waals surface area contributed by atoms with Crippen molar-refractivity contribution in [2.45, 2.75) is 39.2 Å². The monoisotopic (exact) mass is 322 g/mol. The van der Waals surface area contributed by atoms with E-state index in [2.05, 4.69) is 19.9 Å². The average Bonchev–Trinajstić information content (AvgIpc) is 2.61. The second-order valence-corrected chi connectivity index (χ2v) is 6.39. The van der Waals surface area contributed by atoms with E-state index in [4.69, 9.17) is 0 Å². The minimum atomic E-state index is -1.53. The number of allylic oxidation sites excluding steroid dienone is 3. The fourth-order valence-electron chi connectivity index (χ4n) is 2.80. The van der Waals surface area contributed by atoms with Gasteiger partial charge in [-0.15, -0.1) is 0 Å². The Labute approximate surface area is 144 Å². The molecule has 2 aromatic carbocycles. The lowest BCUT2D eigenvalue weighted by Gasteiger charge is -2.30. The molecule has 2 aromatic rings. The highest BCUT2D eigenvalue weighted by Gasteiger charge is 2.37. The maximum absolute atomic E-state index is 11.5. The van der Waals surface area contributed by atoms with Gasteiger partial charge in [-0.2, -0.15) is 0 Å². The van der Waals surface area contributed by atoms with Crippen molar-refractivity contribution in [1.29, 1.82) is 0 Å². The first-order valence-electron chi connectivity index (χ1n) is 8.32. The molecule has 2 nitrogen and oxygen atoms in total. The van der Waals surface area contributed by atoms with Crippen molar-refractivity contribution < 1.29 is 10.2 Å². The van der Waals surface area contributed by atoms with Crippen molar-refractivity contribution in [2.75, 3.05) is 0 Å². The summed E-state index contributed by atoms with van der Waals surface area (Å²) in [5.41, 5.74) is 1.84. The third-order valence-electron chi connectivity index (χ3n) is 4.20. The molecule has 0 aliphatic rings. The lowest BCUT2D eigenvalue weighted by atomic mass is 9.82. The Kier molecular flexibility index (Phi) is 5.99. The molecule has 2 heteroatoms. The molecule has 0 saturated heterocycles. The van der Waals surface area contributed by atoms with Crippen LogP contribution in [0.3, 0.4) is 0 Å². The van der Waals surface area contributed by atoms with Gasteiger partial charge in [-0.25, -0.2) is 0 Å². The molecule has 0 amide bonds. The van der Waals surface area contributed by atoms with E-state index in [1.807, 2.05) is 67.6 Å². The Morgan fingerprint density at radius 2 is 1.33 bits per heavy atom. The van der Waals surface area contributed by atoms with E-state index in [-0.39, 0.29) is 5.76 Å². The van der Waals surface area contributed by atoms with Crippen LogP contribution in [0.5, 0.6) is 0 Å². The first-order valence-corrected chi connectivity index (χ1v) is 8.32. The van der Waals surface area contributed by atoms with E-state index in [1.165, 1.54) is 5.57 Å². The molecule has 0 heterocycles. The lowest BCUT2D eigenvalue weighted by Crippen LogP contribution is -2.30. The molecule has 0 aromatic heterocycles. The summed E-state index contributed by atoms with van der Waals surface area (Å²) >= 11 is 0. The zero-order chi connectivity index (χ0) is 17.6. The minimum absolute atomic E-state index is 0.0158. The topological polar surface area (TPSA) is 40.5 Å². The van der Waals surface area contributed by atoms with E-state index in [1.54, 1.807) is 0 Å². The van der Waals surface area contributed by atoms with Crippen LogP contribution >= 0.6 is 0 Å². The van der Waals surface area contributed by atoms with Gasteiger partial charge in [0.1, 0.15) is 5.76 Å². The first-order chi connectivity index (χ1) is 11.5. The molecule has 0 bridgehead atoms. The zero-order valence-corrected chi connectivity index (χ0v) is 14.7. The number of hydrogen-bond donors (Lipinski definition) is 2. The Bertz CT molecular complexity index is 669. The zero-order valence-electron chi connectivity index (χ0n) is 14.7. The molecule has 0 unspecified atom stereocenters. The molecule has 0 aliphatic carbocycles. The molecule has 0 aliphatic heterocycles. The Hall–Kier alpha value is -2.32.